The van der Waals surface area contributed by atoms with Crippen LogP contribution < -0.4 is 10.1 Å². The fourth-order valence-corrected chi connectivity index (χ4v) is 3.13. The zero-order valence-electron chi connectivity index (χ0n) is 10.5. The van der Waals surface area contributed by atoms with Gasteiger partial charge in [0.1, 0.15) is 5.75 Å². The molecule has 0 aromatic heterocycles. The molecule has 0 radical (unpaired) electrons. The van der Waals surface area contributed by atoms with Crippen molar-refractivity contribution in [3.63, 3.8) is 0 Å². The molecule has 1 heterocycles. The second-order valence-electron chi connectivity index (χ2n) is 5.55. The number of hydrogen-bond donors (Lipinski definition) is 1. The van der Waals surface area contributed by atoms with Crippen LogP contribution in [0.4, 0.5) is 5.69 Å². The molecule has 1 aromatic rings. The number of hydrogen-bond acceptors (Lipinski definition) is 2. The van der Waals surface area contributed by atoms with Crippen molar-refractivity contribution >= 4 is 5.69 Å². The first-order chi connectivity index (χ1) is 8.33. The van der Waals surface area contributed by atoms with Gasteiger partial charge in [0.15, 0.2) is 0 Å². The van der Waals surface area contributed by atoms with Crippen LogP contribution in [0, 0.1) is 11.8 Å². The summed E-state index contributed by atoms with van der Waals surface area (Å²) in [6, 6.07) is 6.35. The van der Waals surface area contributed by atoms with Crippen LogP contribution in [-0.4, -0.2) is 13.2 Å². The summed E-state index contributed by atoms with van der Waals surface area (Å²) >= 11 is 0. The Bertz CT molecular complexity index is 402. The summed E-state index contributed by atoms with van der Waals surface area (Å²) in [4.78, 5) is 0. The van der Waals surface area contributed by atoms with Gasteiger partial charge in [0, 0.05) is 17.8 Å². The lowest BCUT2D eigenvalue weighted by atomic mass is 10.1. The molecule has 1 N–H and O–H groups in total. The van der Waals surface area contributed by atoms with E-state index in [4.69, 9.17) is 4.74 Å². The average Bonchev–Trinajstić information content (AvgIpc) is 2.94. The van der Waals surface area contributed by atoms with E-state index >= 15 is 0 Å². The third-order valence-electron chi connectivity index (χ3n) is 4.10. The van der Waals surface area contributed by atoms with Crippen LogP contribution in [0.5, 0.6) is 5.75 Å². The van der Waals surface area contributed by atoms with Crippen LogP contribution in [0.15, 0.2) is 18.2 Å². The van der Waals surface area contributed by atoms with Crippen molar-refractivity contribution < 1.29 is 4.74 Å². The van der Waals surface area contributed by atoms with Crippen LogP contribution in [-0.2, 0) is 6.42 Å². The van der Waals surface area contributed by atoms with E-state index in [1.807, 2.05) is 0 Å². The monoisotopic (exact) mass is 231 g/mol. The van der Waals surface area contributed by atoms with E-state index < -0.39 is 0 Å². The van der Waals surface area contributed by atoms with Gasteiger partial charge >= 0.3 is 0 Å². The molecule has 2 nitrogen and oxygen atoms in total. The minimum atomic E-state index is 0.773. The summed E-state index contributed by atoms with van der Waals surface area (Å²) in [6.07, 6.45) is 5.16. The van der Waals surface area contributed by atoms with Gasteiger partial charge in [-0.15, -0.1) is 0 Å². The molecule has 1 aliphatic carbocycles. The topological polar surface area (TPSA) is 21.3 Å². The lowest BCUT2D eigenvalue weighted by molar-refractivity contribution is 0.247. The summed E-state index contributed by atoms with van der Waals surface area (Å²) < 4.78 is 6.04. The maximum Gasteiger partial charge on any atom is 0.124 e. The first-order valence-corrected chi connectivity index (χ1v) is 6.81. The third-order valence-corrected chi connectivity index (χ3v) is 4.10. The van der Waals surface area contributed by atoms with Crippen molar-refractivity contribution in [2.45, 2.75) is 32.6 Å². The number of anilines is 1. The molecule has 1 aliphatic heterocycles. The van der Waals surface area contributed by atoms with Gasteiger partial charge in [-0.1, -0.05) is 19.4 Å². The molecule has 17 heavy (non-hydrogen) atoms. The molecule has 1 fully saturated rings. The van der Waals surface area contributed by atoms with Gasteiger partial charge in [0.05, 0.1) is 6.61 Å². The van der Waals surface area contributed by atoms with E-state index in [9.17, 15) is 0 Å². The van der Waals surface area contributed by atoms with Gasteiger partial charge in [-0.3, -0.25) is 0 Å². The highest BCUT2D eigenvalue weighted by Crippen LogP contribution is 2.34. The molecule has 92 valence electrons. The highest BCUT2D eigenvalue weighted by Gasteiger charge is 2.22. The molecule has 0 spiro atoms. The Morgan fingerprint density at radius 1 is 1.35 bits per heavy atom. The number of benzene rings is 1. The van der Waals surface area contributed by atoms with E-state index in [2.05, 4.69) is 30.4 Å². The maximum absolute atomic E-state index is 6.04. The van der Waals surface area contributed by atoms with Crippen molar-refractivity contribution in [3.8, 4) is 5.75 Å². The number of nitrogens with one attached hydrogen (secondary N) is 1. The maximum atomic E-state index is 6.04. The predicted molar refractivity (Wildman–Crippen MR) is 70.6 cm³/mol. The summed E-state index contributed by atoms with van der Waals surface area (Å²) in [6.45, 7) is 4.31. The lowest BCUT2D eigenvalue weighted by Gasteiger charge is -2.14. The number of fused-ring (bicyclic) bond motifs is 1. The molecule has 3 rings (SSSR count). The van der Waals surface area contributed by atoms with E-state index in [1.54, 1.807) is 0 Å². The largest absolute Gasteiger partial charge is 0.493 e. The Labute approximate surface area is 103 Å². The Kier molecular flexibility index (Phi) is 2.96. The van der Waals surface area contributed by atoms with Crippen molar-refractivity contribution in [1.82, 2.24) is 0 Å². The van der Waals surface area contributed by atoms with E-state index in [-0.39, 0.29) is 0 Å². The molecule has 2 atom stereocenters. The zero-order valence-corrected chi connectivity index (χ0v) is 10.5. The Balaban J connectivity index is 1.64. The molecule has 0 bridgehead atoms. The first kappa shape index (κ1) is 10.9. The number of rotatable bonds is 3. The van der Waals surface area contributed by atoms with Crippen LogP contribution >= 0.6 is 0 Å². The SMILES string of the molecule is CC1CCC(COc2cccc3c2CCN3)C1. The van der Waals surface area contributed by atoms with Gasteiger partial charge in [-0.25, -0.2) is 0 Å². The quantitative estimate of drug-likeness (QED) is 0.860. The van der Waals surface area contributed by atoms with Crippen molar-refractivity contribution in [2.75, 3.05) is 18.5 Å². The average molecular weight is 231 g/mol. The Hall–Kier alpha value is -1.18. The standard InChI is InChI=1S/C15H21NO/c1-11-5-6-12(9-11)10-17-15-4-2-3-14-13(15)7-8-16-14/h2-4,11-12,16H,5-10H2,1H3. The van der Waals surface area contributed by atoms with E-state index in [0.29, 0.717) is 0 Å². The summed E-state index contributed by atoms with van der Waals surface area (Å²) in [5, 5.41) is 3.40. The fourth-order valence-electron chi connectivity index (χ4n) is 3.13. The smallest absolute Gasteiger partial charge is 0.124 e. The van der Waals surface area contributed by atoms with Crippen molar-refractivity contribution in [2.24, 2.45) is 11.8 Å². The zero-order chi connectivity index (χ0) is 11.7. The molecular formula is C15H21NO. The molecule has 1 saturated carbocycles. The van der Waals surface area contributed by atoms with Crippen LogP contribution in [0.2, 0.25) is 0 Å². The molecule has 2 heteroatoms. The van der Waals surface area contributed by atoms with Crippen LogP contribution in [0.25, 0.3) is 0 Å². The van der Waals surface area contributed by atoms with Gasteiger partial charge in [0.2, 0.25) is 0 Å². The minimum absolute atomic E-state index is 0.773. The second-order valence-corrected chi connectivity index (χ2v) is 5.55. The molecule has 0 saturated heterocycles. The van der Waals surface area contributed by atoms with Gasteiger partial charge in [-0.05, 0) is 43.2 Å². The third kappa shape index (κ3) is 2.26. The number of ether oxygens (including phenoxy) is 1. The van der Waals surface area contributed by atoms with Gasteiger partial charge < -0.3 is 10.1 Å². The van der Waals surface area contributed by atoms with Gasteiger partial charge in [0.25, 0.3) is 0 Å². The van der Waals surface area contributed by atoms with E-state index in [1.165, 1.54) is 30.5 Å². The highest BCUT2D eigenvalue weighted by atomic mass is 16.5. The fraction of sp³-hybridized carbons (Fsp3) is 0.600. The van der Waals surface area contributed by atoms with Crippen LogP contribution in [0.1, 0.15) is 31.7 Å². The first-order valence-electron chi connectivity index (χ1n) is 6.81. The Morgan fingerprint density at radius 3 is 3.12 bits per heavy atom. The van der Waals surface area contributed by atoms with Crippen molar-refractivity contribution in [1.29, 1.82) is 0 Å². The lowest BCUT2D eigenvalue weighted by Crippen LogP contribution is -2.09. The van der Waals surface area contributed by atoms with E-state index in [0.717, 1.165) is 37.2 Å². The second kappa shape index (κ2) is 4.59. The molecule has 2 aliphatic rings. The summed E-state index contributed by atoms with van der Waals surface area (Å²) in [7, 11) is 0. The highest BCUT2D eigenvalue weighted by molar-refractivity contribution is 5.61. The summed E-state index contributed by atoms with van der Waals surface area (Å²) in [5.41, 5.74) is 2.64. The molecule has 1 aromatic carbocycles. The molecule has 2 unspecified atom stereocenters. The van der Waals surface area contributed by atoms with Gasteiger partial charge in [-0.2, -0.15) is 0 Å². The summed E-state index contributed by atoms with van der Waals surface area (Å²) in [5.74, 6) is 2.77. The predicted octanol–water partition coefficient (Wildman–Crippen LogP) is 3.47. The molecule has 0 amide bonds. The van der Waals surface area contributed by atoms with Crippen LogP contribution in [0.3, 0.4) is 0 Å². The molecular weight excluding hydrogens is 210 g/mol. The minimum Gasteiger partial charge on any atom is -0.493 e. The normalized spacial score (nSPS) is 26.6. The Morgan fingerprint density at radius 2 is 2.29 bits per heavy atom. The van der Waals surface area contributed by atoms with Crippen molar-refractivity contribution in [3.05, 3.63) is 23.8 Å².